The number of aromatic carboxylic acids is 1. The number of amides is 1. The molecule has 25 heavy (non-hydrogen) atoms. The SMILES string of the molecule is N#CC(=Cc1ccccc1[N+](=O)[O-])C(=O)Nc1cccc(C(=O)O)c1. The van der Waals surface area contributed by atoms with Crippen molar-refractivity contribution in [1.29, 1.82) is 5.26 Å². The van der Waals surface area contributed by atoms with Crippen molar-refractivity contribution in [2.24, 2.45) is 0 Å². The summed E-state index contributed by atoms with van der Waals surface area (Å²) in [5, 5.41) is 31.5. The van der Waals surface area contributed by atoms with E-state index in [1.54, 1.807) is 12.1 Å². The van der Waals surface area contributed by atoms with Gasteiger partial charge in [-0.05, 0) is 30.3 Å². The Bertz CT molecular complexity index is 928. The molecule has 8 nitrogen and oxygen atoms in total. The topological polar surface area (TPSA) is 133 Å². The van der Waals surface area contributed by atoms with Gasteiger partial charge in [0, 0.05) is 11.8 Å². The number of hydrogen-bond donors (Lipinski definition) is 2. The van der Waals surface area contributed by atoms with E-state index in [2.05, 4.69) is 5.32 Å². The summed E-state index contributed by atoms with van der Waals surface area (Å²) < 4.78 is 0. The number of nitriles is 1. The van der Waals surface area contributed by atoms with Crippen LogP contribution in [0.5, 0.6) is 0 Å². The number of para-hydroxylation sites is 1. The zero-order valence-corrected chi connectivity index (χ0v) is 12.7. The van der Waals surface area contributed by atoms with Crippen LogP contribution >= 0.6 is 0 Å². The smallest absolute Gasteiger partial charge is 0.335 e. The fourth-order valence-electron chi connectivity index (χ4n) is 2.01. The zero-order valence-electron chi connectivity index (χ0n) is 12.7. The molecule has 0 aliphatic heterocycles. The second-order valence-corrected chi connectivity index (χ2v) is 4.83. The van der Waals surface area contributed by atoms with Gasteiger partial charge in [-0.1, -0.05) is 18.2 Å². The largest absolute Gasteiger partial charge is 0.478 e. The molecular formula is C17H11N3O5. The Balaban J connectivity index is 2.31. The summed E-state index contributed by atoms with van der Waals surface area (Å²) in [6.07, 6.45) is 1.11. The normalized spacial score (nSPS) is 10.6. The lowest BCUT2D eigenvalue weighted by Gasteiger charge is -2.05. The van der Waals surface area contributed by atoms with Gasteiger partial charge in [0.2, 0.25) is 0 Å². The summed E-state index contributed by atoms with van der Waals surface area (Å²) in [5.74, 6) is -1.96. The molecule has 0 unspecified atom stereocenters. The monoisotopic (exact) mass is 337 g/mol. The number of hydrogen-bond acceptors (Lipinski definition) is 5. The Morgan fingerprint density at radius 3 is 2.56 bits per heavy atom. The van der Waals surface area contributed by atoms with Crippen LogP contribution < -0.4 is 5.32 Å². The third kappa shape index (κ3) is 4.27. The van der Waals surface area contributed by atoms with Gasteiger partial charge in [0.15, 0.2) is 0 Å². The highest BCUT2D eigenvalue weighted by molar-refractivity contribution is 6.10. The van der Waals surface area contributed by atoms with Gasteiger partial charge in [0.1, 0.15) is 11.6 Å². The number of nitro benzene ring substituents is 1. The van der Waals surface area contributed by atoms with Crippen LogP contribution in [0.4, 0.5) is 11.4 Å². The van der Waals surface area contributed by atoms with Gasteiger partial charge in [0.05, 0.1) is 16.1 Å². The van der Waals surface area contributed by atoms with Gasteiger partial charge >= 0.3 is 5.97 Å². The number of nitro groups is 1. The van der Waals surface area contributed by atoms with Crippen molar-refractivity contribution in [3.05, 3.63) is 75.3 Å². The molecule has 0 spiro atoms. The van der Waals surface area contributed by atoms with Crippen LogP contribution in [0.25, 0.3) is 6.08 Å². The van der Waals surface area contributed by atoms with E-state index in [-0.39, 0.29) is 28.1 Å². The minimum absolute atomic E-state index is 0.0287. The first-order chi connectivity index (χ1) is 11.9. The molecule has 0 aliphatic rings. The number of nitrogens with one attached hydrogen (secondary N) is 1. The third-order valence-corrected chi connectivity index (χ3v) is 3.17. The van der Waals surface area contributed by atoms with E-state index < -0.39 is 16.8 Å². The van der Waals surface area contributed by atoms with Crippen LogP contribution in [0.15, 0.2) is 54.1 Å². The maximum Gasteiger partial charge on any atom is 0.335 e. The molecule has 2 N–H and O–H groups in total. The summed E-state index contributed by atoms with van der Waals surface area (Å²) in [7, 11) is 0. The van der Waals surface area contributed by atoms with Crippen molar-refractivity contribution in [1.82, 2.24) is 0 Å². The molecule has 0 bridgehead atoms. The second-order valence-electron chi connectivity index (χ2n) is 4.83. The van der Waals surface area contributed by atoms with Gasteiger partial charge in [-0.3, -0.25) is 14.9 Å². The first-order valence-electron chi connectivity index (χ1n) is 6.92. The Morgan fingerprint density at radius 2 is 1.92 bits per heavy atom. The molecule has 1 amide bonds. The number of anilines is 1. The van der Waals surface area contributed by atoms with Crippen molar-refractivity contribution < 1.29 is 19.6 Å². The van der Waals surface area contributed by atoms with E-state index >= 15 is 0 Å². The molecule has 8 heteroatoms. The van der Waals surface area contributed by atoms with E-state index in [4.69, 9.17) is 10.4 Å². The summed E-state index contributed by atoms with van der Waals surface area (Å²) >= 11 is 0. The molecule has 0 heterocycles. The molecule has 0 aliphatic carbocycles. The number of benzene rings is 2. The van der Waals surface area contributed by atoms with Gasteiger partial charge in [-0.15, -0.1) is 0 Å². The summed E-state index contributed by atoms with van der Waals surface area (Å²) in [6.45, 7) is 0. The average Bonchev–Trinajstić information content (AvgIpc) is 2.59. The predicted octanol–water partition coefficient (Wildman–Crippen LogP) is 2.84. The van der Waals surface area contributed by atoms with E-state index in [9.17, 15) is 19.7 Å². The molecule has 0 atom stereocenters. The van der Waals surface area contributed by atoms with Crippen molar-refractivity contribution in [2.75, 3.05) is 5.32 Å². The quantitative estimate of drug-likeness (QED) is 0.373. The number of carboxylic acid groups (broad SMARTS) is 1. The fourth-order valence-corrected chi connectivity index (χ4v) is 2.01. The first kappa shape index (κ1) is 17.4. The van der Waals surface area contributed by atoms with Gasteiger partial charge in [-0.2, -0.15) is 5.26 Å². The maximum absolute atomic E-state index is 12.2. The predicted molar refractivity (Wildman–Crippen MR) is 88.7 cm³/mol. The average molecular weight is 337 g/mol. The lowest BCUT2D eigenvalue weighted by atomic mass is 10.1. The number of carbonyl (C=O) groups excluding carboxylic acids is 1. The lowest BCUT2D eigenvalue weighted by Crippen LogP contribution is -2.14. The molecule has 0 fully saturated rings. The van der Waals surface area contributed by atoms with Crippen molar-refractivity contribution in [3.8, 4) is 6.07 Å². The molecule has 2 rings (SSSR count). The highest BCUT2D eigenvalue weighted by Crippen LogP contribution is 2.21. The molecule has 124 valence electrons. The van der Waals surface area contributed by atoms with Gasteiger partial charge in [-0.25, -0.2) is 4.79 Å². The molecule has 0 radical (unpaired) electrons. The minimum atomic E-state index is -1.16. The Morgan fingerprint density at radius 1 is 1.20 bits per heavy atom. The number of nitrogens with zero attached hydrogens (tertiary/aromatic N) is 2. The van der Waals surface area contributed by atoms with Crippen LogP contribution in [0, 0.1) is 21.4 Å². The van der Waals surface area contributed by atoms with Crippen LogP contribution in [0.2, 0.25) is 0 Å². The summed E-state index contributed by atoms with van der Waals surface area (Å²) in [4.78, 5) is 33.5. The Labute approximate surface area is 141 Å². The van der Waals surface area contributed by atoms with Crippen LogP contribution in [-0.2, 0) is 4.79 Å². The molecule has 0 saturated carbocycles. The molecule has 2 aromatic rings. The third-order valence-electron chi connectivity index (χ3n) is 3.17. The number of carbonyl (C=O) groups is 2. The highest BCUT2D eigenvalue weighted by Gasteiger charge is 2.15. The minimum Gasteiger partial charge on any atom is -0.478 e. The van der Waals surface area contributed by atoms with Crippen LogP contribution in [-0.4, -0.2) is 21.9 Å². The van der Waals surface area contributed by atoms with Gasteiger partial charge < -0.3 is 10.4 Å². The lowest BCUT2D eigenvalue weighted by molar-refractivity contribution is -0.385. The van der Waals surface area contributed by atoms with E-state index in [1.807, 2.05) is 0 Å². The van der Waals surface area contributed by atoms with Gasteiger partial charge in [0.25, 0.3) is 11.6 Å². The van der Waals surface area contributed by atoms with E-state index in [0.29, 0.717) is 0 Å². The van der Waals surface area contributed by atoms with Crippen molar-refractivity contribution >= 4 is 29.3 Å². The maximum atomic E-state index is 12.2. The summed E-state index contributed by atoms with van der Waals surface area (Å²) in [5.41, 5.74) is -0.322. The zero-order chi connectivity index (χ0) is 18.4. The Hall–Kier alpha value is -3.99. The van der Waals surface area contributed by atoms with Crippen molar-refractivity contribution in [3.63, 3.8) is 0 Å². The molecule has 0 aromatic heterocycles. The Kier molecular flexibility index (Phi) is 5.22. The van der Waals surface area contributed by atoms with Crippen LogP contribution in [0.3, 0.4) is 0 Å². The van der Waals surface area contributed by atoms with Crippen LogP contribution in [0.1, 0.15) is 15.9 Å². The number of rotatable bonds is 5. The van der Waals surface area contributed by atoms with E-state index in [1.165, 1.54) is 42.5 Å². The number of carboxylic acids is 1. The molecular weight excluding hydrogens is 326 g/mol. The molecule has 2 aromatic carbocycles. The standard InChI is InChI=1S/C17H11N3O5/c18-10-13(8-11-4-1-2-7-15(11)20(24)25)16(21)19-14-6-3-5-12(9-14)17(22)23/h1-9H,(H,19,21)(H,22,23). The van der Waals surface area contributed by atoms with E-state index in [0.717, 1.165) is 6.08 Å². The fraction of sp³-hybridized carbons (Fsp3) is 0. The summed E-state index contributed by atoms with van der Waals surface area (Å²) in [6, 6.07) is 12.9. The van der Waals surface area contributed by atoms with Crippen molar-refractivity contribution in [2.45, 2.75) is 0 Å². The molecule has 0 saturated heterocycles. The second kappa shape index (κ2) is 7.52. The highest BCUT2D eigenvalue weighted by atomic mass is 16.6. The first-order valence-corrected chi connectivity index (χ1v) is 6.92.